The number of carbonyl (C=O) groups excluding carboxylic acids is 1. The SMILES string of the molecule is CCc1cccc(OC(=O)O[C@H]2CC[C@@]3(C)C(=CC[C@@H]4[C@H]5CC[C@@H]([C@H](C)CCCC(C)C)[C@]5(C)CC[C@H]43)C2)c1. The van der Waals surface area contributed by atoms with Crippen molar-refractivity contribution in [3.05, 3.63) is 41.5 Å². The van der Waals surface area contributed by atoms with Crippen molar-refractivity contribution in [3.63, 3.8) is 0 Å². The molecule has 0 spiro atoms. The summed E-state index contributed by atoms with van der Waals surface area (Å²) in [6.07, 6.45) is 16.9. The van der Waals surface area contributed by atoms with E-state index >= 15 is 0 Å². The molecule has 0 aromatic heterocycles. The molecule has 0 unspecified atom stereocenters. The molecule has 5 rings (SSSR count). The minimum Gasteiger partial charge on any atom is -0.430 e. The highest BCUT2D eigenvalue weighted by Gasteiger charge is 2.59. The van der Waals surface area contributed by atoms with Crippen LogP contribution in [0.4, 0.5) is 4.79 Å². The lowest BCUT2D eigenvalue weighted by Crippen LogP contribution is -2.51. The molecule has 0 radical (unpaired) electrons. The quantitative estimate of drug-likeness (QED) is 0.189. The molecule has 0 aliphatic heterocycles. The van der Waals surface area contributed by atoms with Crippen LogP contribution < -0.4 is 4.74 Å². The van der Waals surface area contributed by atoms with E-state index in [2.05, 4.69) is 53.7 Å². The van der Waals surface area contributed by atoms with E-state index in [0.29, 0.717) is 11.2 Å². The minimum atomic E-state index is -0.556. The van der Waals surface area contributed by atoms with Gasteiger partial charge in [-0.05, 0) is 115 Å². The molecule has 39 heavy (non-hydrogen) atoms. The summed E-state index contributed by atoms with van der Waals surface area (Å²) < 4.78 is 11.4. The van der Waals surface area contributed by atoms with Crippen molar-refractivity contribution in [2.75, 3.05) is 0 Å². The first-order valence-corrected chi connectivity index (χ1v) is 16.3. The fraction of sp³-hybridized carbons (Fsp3) is 0.750. The lowest BCUT2D eigenvalue weighted by molar-refractivity contribution is -0.0597. The Bertz CT molecular complexity index is 1040. The number of ether oxygens (including phenoxy) is 2. The highest BCUT2D eigenvalue weighted by Crippen LogP contribution is 2.67. The zero-order valence-corrected chi connectivity index (χ0v) is 25.6. The average Bonchev–Trinajstić information content (AvgIpc) is 3.26. The van der Waals surface area contributed by atoms with E-state index in [4.69, 9.17) is 9.47 Å². The summed E-state index contributed by atoms with van der Waals surface area (Å²) in [5.41, 5.74) is 3.51. The van der Waals surface area contributed by atoms with Crippen molar-refractivity contribution in [3.8, 4) is 5.75 Å². The topological polar surface area (TPSA) is 35.5 Å². The van der Waals surface area contributed by atoms with Crippen LogP contribution in [0.25, 0.3) is 0 Å². The first-order valence-electron chi connectivity index (χ1n) is 16.3. The van der Waals surface area contributed by atoms with E-state index in [1.807, 2.05) is 18.2 Å². The Kier molecular flexibility index (Phi) is 8.56. The minimum absolute atomic E-state index is 0.0702. The second kappa shape index (κ2) is 11.6. The summed E-state index contributed by atoms with van der Waals surface area (Å²) in [5.74, 6) is 5.67. The molecule has 0 heterocycles. The third-order valence-electron chi connectivity index (χ3n) is 12.0. The van der Waals surface area contributed by atoms with Crippen molar-refractivity contribution in [2.24, 2.45) is 46.3 Å². The maximum absolute atomic E-state index is 12.6. The first kappa shape index (κ1) is 28.7. The van der Waals surface area contributed by atoms with Gasteiger partial charge in [0.25, 0.3) is 0 Å². The number of carbonyl (C=O) groups is 1. The molecule has 3 saturated carbocycles. The normalized spacial score (nSPS) is 36.4. The molecule has 4 aliphatic carbocycles. The van der Waals surface area contributed by atoms with Crippen LogP contribution in [0.3, 0.4) is 0 Å². The van der Waals surface area contributed by atoms with Crippen LogP contribution in [0, 0.1) is 46.3 Å². The van der Waals surface area contributed by atoms with Crippen LogP contribution >= 0.6 is 0 Å². The molecule has 1 aromatic rings. The van der Waals surface area contributed by atoms with Gasteiger partial charge in [-0.3, -0.25) is 0 Å². The van der Waals surface area contributed by atoms with Crippen LogP contribution in [-0.2, 0) is 11.2 Å². The first-order chi connectivity index (χ1) is 18.6. The van der Waals surface area contributed by atoms with Crippen LogP contribution in [0.15, 0.2) is 35.9 Å². The van der Waals surface area contributed by atoms with Gasteiger partial charge in [0.1, 0.15) is 11.9 Å². The number of hydrogen-bond donors (Lipinski definition) is 0. The molecule has 216 valence electrons. The van der Waals surface area contributed by atoms with Crippen molar-refractivity contribution >= 4 is 6.16 Å². The van der Waals surface area contributed by atoms with E-state index in [1.54, 1.807) is 5.57 Å². The predicted octanol–water partition coefficient (Wildman–Crippen LogP) is 10.2. The van der Waals surface area contributed by atoms with Gasteiger partial charge in [0.2, 0.25) is 0 Å². The van der Waals surface area contributed by atoms with Crippen molar-refractivity contribution in [2.45, 2.75) is 125 Å². The molecular weight excluding hydrogens is 480 g/mol. The summed E-state index contributed by atoms with van der Waals surface area (Å²) in [6.45, 7) is 14.6. The Balaban J connectivity index is 1.21. The molecular formula is C36H54O3. The lowest BCUT2D eigenvalue weighted by atomic mass is 9.47. The Morgan fingerprint density at radius 2 is 1.85 bits per heavy atom. The Morgan fingerprint density at radius 3 is 2.62 bits per heavy atom. The summed E-state index contributed by atoms with van der Waals surface area (Å²) in [7, 11) is 0. The van der Waals surface area contributed by atoms with Gasteiger partial charge in [0.05, 0.1) is 0 Å². The third kappa shape index (κ3) is 5.71. The molecule has 1 aromatic carbocycles. The Labute approximate surface area is 238 Å². The summed E-state index contributed by atoms with van der Waals surface area (Å²) in [4.78, 5) is 12.6. The highest BCUT2D eigenvalue weighted by molar-refractivity contribution is 5.64. The molecule has 0 bridgehead atoms. The van der Waals surface area contributed by atoms with Crippen LogP contribution in [0.2, 0.25) is 0 Å². The van der Waals surface area contributed by atoms with Crippen LogP contribution in [0.1, 0.15) is 118 Å². The van der Waals surface area contributed by atoms with E-state index in [-0.39, 0.29) is 11.5 Å². The summed E-state index contributed by atoms with van der Waals surface area (Å²) in [5, 5.41) is 0. The zero-order valence-electron chi connectivity index (χ0n) is 25.6. The number of aryl methyl sites for hydroxylation is 1. The van der Waals surface area contributed by atoms with Crippen LogP contribution in [-0.4, -0.2) is 12.3 Å². The lowest BCUT2D eigenvalue weighted by Gasteiger charge is -2.58. The second-order valence-electron chi connectivity index (χ2n) is 14.6. The fourth-order valence-electron chi connectivity index (χ4n) is 9.84. The third-order valence-corrected chi connectivity index (χ3v) is 12.0. The molecule has 3 fully saturated rings. The van der Waals surface area contributed by atoms with Gasteiger partial charge in [0.15, 0.2) is 0 Å². The van der Waals surface area contributed by atoms with E-state index in [9.17, 15) is 4.79 Å². The van der Waals surface area contributed by atoms with E-state index in [0.717, 1.165) is 66.8 Å². The van der Waals surface area contributed by atoms with Crippen LogP contribution in [0.5, 0.6) is 5.75 Å². The van der Waals surface area contributed by atoms with E-state index in [1.165, 1.54) is 51.4 Å². The molecule has 0 N–H and O–H groups in total. The van der Waals surface area contributed by atoms with Gasteiger partial charge in [0, 0.05) is 6.42 Å². The van der Waals surface area contributed by atoms with E-state index < -0.39 is 6.16 Å². The standard InChI is InChI=1S/C36H54O3/c1-7-26-12-9-13-28(22-26)38-34(37)39-29-18-20-35(5)27(23-29)14-15-30-32-17-16-31(25(4)11-8-10-24(2)3)36(32,6)21-19-33(30)35/h9,12-14,22,24-25,29-33H,7-8,10-11,15-21,23H2,1-6H3/t25-,29+,30-,31+,32-,33-,35+,36+/m1/s1. The second-order valence-corrected chi connectivity index (χ2v) is 14.6. The maximum Gasteiger partial charge on any atom is 0.514 e. The zero-order chi connectivity index (χ0) is 27.8. The van der Waals surface area contributed by atoms with Gasteiger partial charge in [-0.1, -0.05) is 84.6 Å². The molecule has 0 saturated heterocycles. The van der Waals surface area contributed by atoms with Crippen molar-refractivity contribution < 1.29 is 14.3 Å². The predicted molar refractivity (Wildman–Crippen MR) is 160 cm³/mol. The molecule has 0 amide bonds. The van der Waals surface area contributed by atoms with Crippen molar-refractivity contribution in [1.82, 2.24) is 0 Å². The number of benzene rings is 1. The van der Waals surface area contributed by atoms with Crippen molar-refractivity contribution in [1.29, 1.82) is 0 Å². The Morgan fingerprint density at radius 1 is 1.03 bits per heavy atom. The molecule has 3 heteroatoms. The monoisotopic (exact) mass is 534 g/mol. The number of rotatable bonds is 8. The van der Waals surface area contributed by atoms with Gasteiger partial charge in [-0.2, -0.15) is 0 Å². The Hall–Kier alpha value is -1.77. The number of allylic oxidation sites excluding steroid dienone is 1. The smallest absolute Gasteiger partial charge is 0.430 e. The van der Waals surface area contributed by atoms with Gasteiger partial charge in [-0.15, -0.1) is 0 Å². The average molecular weight is 535 g/mol. The van der Waals surface area contributed by atoms with Gasteiger partial charge >= 0.3 is 6.16 Å². The number of fused-ring (bicyclic) bond motifs is 5. The summed E-state index contributed by atoms with van der Waals surface area (Å²) in [6, 6.07) is 7.75. The molecule has 8 atom stereocenters. The summed E-state index contributed by atoms with van der Waals surface area (Å²) >= 11 is 0. The van der Waals surface area contributed by atoms with Gasteiger partial charge in [-0.25, -0.2) is 4.79 Å². The largest absolute Gasteiger partial charge is 0.514 e. The molecule has 3 nitrogen and oxygen atoms in total. The highest BCUT2D eigenvalue weighted by atomic mass is 16.7. The molecule has 4 aliphatic rings. The van der Waals surface area contributed by atoms with Gasteiger partial charge < -0.3 is 9.47 Å². The fourth-order valence-corrected chi connectivity index (χ4v) is 9.84. The number of hydrogen-bond acceptors (Lipinski definition) is 3. The maximum atomic E-state index is 12.6.